The molecule has 0 heterocycles. The zero-order valence-corrected chi connectivity index (χ0v) is 17.9. The van der Waals surface area contributed by atoms with E-state index in [0.29, 0.717) is 24.2 Å². The Morgan fingerprint density at radius 2 is 1.89 bits per heavy atom. The number of fused-ring (bicyclic) bond motifs is 4. The summed E-state index contributed by atoms with van der Waals surface area (Å²) in [7, 11) is 0. The Labute approximate surface area is 165 Å². The number of aliphatic hydroxyl groups is 1. The molecule has 0 saturated heterocycles. The van der Waals surface area contributed by atoms with Gasteiger partial charge in [-0.2, -0.15) is 5.26 Å². The van der Waals surface area contributed by atoms with Gasteiger partial charge in [-0.15, -0.1) is 0 Å². The van der Waals surface area contributed by atoms with Crippen LogP contribution < -0.4 is 0 Å². The minimum atomic E-state index is -0.159. The molecule has 1 saturated carbocycles. The molecule has 0 radical (unpaired) electrons. The van der Waals surface area contributed by atoms with Crippen molar-refractivity contribution in [3.63, 3.8) is 0 Å². The summed E-state index contributed by atoms with van der Waals surface area (Å²) in [6, 6.07) is 2.41. The van der Waals surface area contributed by atoms with E-state index in [1.54, 1.807) is 16.7 Å². The Kier molecular flexibility index (Phi) is 4.43. The van der Waals surface area contributed by atoms with Crippen LogP contribution in [-0.2, 0) is 0 Å². The molecular formula is C25H37NO. The van der Waals surface area contributed by atoms with Crippen molar-refractivity contribution in [1.82, 2.24) is 0 Å². The average molecular weight is 368 g/mol. The smallest absolute Gasteiger partial charge is 0.0624 e. The van der Waals surface area contributed by atoms with Crippen LogP contribution in [-0.4, -0.2) is 11.2 Å². The molecule has 0 aliphatic heterocycles. The van der Waals surface area contributed by atoms with E-state index in [9.17, 15) is 10.4 Å². The standard InChI is InChI=1S/C25H37NO/c1-16(12-15-26)18-7-8-19-17-6-9-21-23(2,3)22(27)11-14-25(21,5)20(17)10-13-24(18,19)4/h8,16,18,21-22,27H,6-7,9-14H2,1-5H3/t16-,18+,21?,22?,24+,25+/m0/s1. The molecule has 4 aliphatic rings. The molecule has 2 heteroatoms. The molecule has 0 amide bonds. The molecule has 1 N–H and O–H groups in total. The van der Waals surface area contributed by atoms with Gasteiger partial charge >= 0.3 is 0 Å². The number of hydrogen-bond donors (Lipinski definition) is 1. The van der Waals surface area contributed by atoms with Crippen molar-refractivity contribution in [2.24, 2.45) is 34.0 Å². The summed E-state index contributed by atoms with van der Waals surface area (Å²) in [5, 5.41) is 19.9. The monoisotopic (exact) mass is 367 g/mol. The van der Waals surface area contributed by atoms with Crippen LogP contribution in [0.25, 0.3) is 0 Å². The maximum absolute atomic E-state index is 10.7. The third kappa shape index (κ3) is 2.53. The van der Waals surface area contributed by atoms with Crippen LogP contribution in [0.2, 0.25) is 0 Å². The van der Waals surface area contributed by atoms with E-state index in [1.165, 1.54) is 25.7 Å². The summed E-state index contributed by atoms with van der Waals surface area (Å²) in [5.41, 5.74) is 5.59. The van der Waals surface area contributed by atoms with Crippen LogP contribution in [0.3, 0.4) is 0 Å². The first-order valence-electron chi connectivity index (χ1n) is 11.1. The van der Waals surface area contributed by atoms with Gasteiger partial charge in [-0.25, -0.2) is 0 Å². The van der Waals surface area contributed by atoms with E-state index in [1.807, 2.05) is 0 Å². The van der Waals surface area contributed by atoms with E-state index < -0.39 is 0 Å². The van der Waals surface area contributed by atoms with Crippen LogP contribution in [0.1, 0.15) is 86.0 Å². The van der Waals surface area contributed by atoms with Crippen molar-refractivity contribution in [1.29, 1.82) is 5.26 Å². The molecule has 2 nitrogen and oxygen atoms in total. The van der Waals surface area contributed by atoms with Crippen LogP contribution in [0.4, 0.5) is 0 Å². The average Bonchev–Trinajstić information content (AvgIpc) is 2.96. The van der Waals surface area contributed by atoms with Gasteiger partial charge in [0.15, 0.2) is 0 Å². The Morgan fingerprint density at radius 1 is 1.15 bits per heavy atom. The van der Waals surface area contributed by atoms with Gasteiger partial charge in [0.05, 0.1) is 12.2 Å². The van der Waals surface area contributed by atoms with E-state index in [0.717, 1.165) is 19.3 Å². The molecule has 0 bridgehead atoms. The molecule has 27 heavy (non-hydrogen) atoms. The SMILES string of the molecule is C[C@@H](CC#N)[C@H]1CC=C2C3=C(CC[C@@]21C)[C@@]1(C)CCC(O)C(C)(C)C1CC3. The summed E-state index contributed by atoms with van der Waals surface area (Å²) >= 11 is 0. The van der Waals surface area contributed by atoms with E-state index in [4.69, 9.17) is 0 Å². The van der Waals surface area contributed by atoms with Gasteiger partial charge in [-0.3, -0.25) is 0 Å². The number of nitriles is 1. The second kappa shape index (κ2) is 6.21. The fourth-order valence-electron chi connectivity index (χ4n) is 7.86. The zero-order chi connectivity index (χ0) is 19.6. The van der Waals surface area contributed by atoms with Crippen LogP contribution in [0.5, 0.6) is 0 Å². The maximum atomic E-state index is 10.7. The zero-order valence-electron chi connectivity index (χ0n) is 17.9. The fourth-order valence-corrected chi connectivity index (χ4v) is 7.86. The van der Waals surface area contributed by atoms with Gasteiger partial charge in [0, 0.05) is 6.42 Å². The topological polar surface area (TPSA) is 44.0 Å². The molecular weight excluding hydrogens is 330 g/mol. The number of aliphatic hydroxyl groups excluding tert-OH is 1. The van der Waals surface area contributed by atoms with Crippen molar-refractivity contribution in [2.45, 2.75) is 92.1 Å². The van der Waals surface area contributed by atoms with Crippen LogP contribution in [0.15, 0.2) is 22.8 Å². The molecule has 0 aromatic heterocycles. The molecule has 1 fully saturated rings. The van der Waals surface area contributed by atoms with Gasteiger partial charge in [0.25, 0.3) is 0 Å². The molecule has 4 rings (SSSR count). The highest BCUT2D eigenvalue weighted by Gasteiger charge is 2.57. The second-order valence-electron chi connectivity index (χ2n) is 11.1. The third-order valence-corrected chi connectivity index (χ3v) is 9.53. The van der Waals surface area contributed by atoms with E-state index in [-0.39, 0.29) is 22.3 Å². The number of hydrogen-bond acceptors (Lipinski definition) is 2. The van der Waals surface area contributed by atoms with E-state index in [2.05, 4.69) is 46.8 Å². The predicted molar refractivity (Wildman–Crippen MR) is 110 cm³/mol. The summed E-state index contributed by atoms with van der Waals surface area (Å²) in [6.07, 6.45) is 11.1. The lowest BCUT2D eigenvalue weighted by molar-refractivity contribution is -0.0905. The van der Waals surface area contributed by atoms with Gasteiger partial charge in [-0.05, 0) is 90.1 Å². The highest BCUT2D eigenvalue weighted by Crippen LogP contribution is 2.66. The van der Waals surface area contributed by atoms with Crippen molar-refractivity contribution in [3.05, 3.63) is 22.8 Å². The Bertz CT molecular complexity index is 738. The second-order valence-corrected chi connectivity index (χ2v) is 11.1. The summed E-state index contributed by atoms with van der Waals surface area (Å²) < 4.78 is 0. The lowest BCUT2D eigenvalue weighted by atomic mass is 9.46. The molecule has 4 aliphatic carbocycles. The first-order valence-corrected chi connectivity index (χ1v) is 11.1. The summed E-state index contributed by atoms with van der Waals surface area (Å²) in [4.78, 5) is 0. The van der Waals surface area contributed by atoms with Crippen molar-refractivity contribution >= 4 is 0 Å². The largest absolute Gasteiger partial charge is 0.393 e. The Balaban J connectivity index is 1.71. The summed E-state index contributed by atoms with van der Waals surface area (Å²) in [6.45, 7) is 11.9. The summed E-state index contributed by atoms with van der Waals surface area (Å²) in [5.74, 6) is 1.69. The number of nitrogens with zero attached hydrogens (tertiary/aromatic N) is 1. The Morgan fingerprint density at radius 3 is 2.59 bits per heavy atom. The highest BCUT2D eigenvalue weighted by atomic mass is 16.3. The maximum Gasteiger partial charge on any atom is 0.0624 e. The number of allylic oxidation sites excluding steroid dienone is 4. The normalized spacial score (nSPS) is 43.9. The molecule has 0 aromatic rings. The Hall–Kier alpha value is -1.07. The van der Waals surface area contributed by atoms with Crippen molar-refractivity contribution < 1.29 is 5.11 Å². The predicted octanol–water partition coefficient (Wildman–Crippen LogP) is 6.18. The molecule has 0 aromatic carbocycles. The van der Waals surface area contributed by atoms with Crippen molar-refractivity contribution in [3.8, 4) is 6.07 Å². The molecule has 148 valence electrons. The van der Waals surface area contributed by atoms with Crippen molar-refractivity contribution in [2.75, 3.05) is 0 Å². The fraction of sp³-hybridized carbons (Fsp3) is 0.800. The number of rotatable bonds is 2. The molecule has 6 atom stereocenters. The lowest BCUT2D eigenvalue weighted by Crippen LogP contribution is -2.53. The highest BCUT2D eigenvalue weighted by molar-refractivity contribution is 5.49. The molecule has 0 spiro atoms. The minimum absolute atomic E-state index is 0.0141. The van der Waals surface area contributed by atoms with Gasteiger partial charge in [0.1, 0.15) is 0 Å². The van der Waals surface area contributed by atoms with Crippen LogP contribution in [0, 0.1) is 45.3 Å². The van der Waals surface area contributed by atoms with Gasteiger partial charge in [-0.1, -0.05) is 46.3 Å². The van der Waals surface area contributed by atoms with Crippen LogP contribution >= 0.6 is 0 Å². The van der Waals surface area contributed by atoms with Gasteiger partial charge in [0.2, 0.25) is 0 Å². The molecule has 2 unspecified atom stereocenters. The minimum Gasteiger partial charge on any atom is -0.393 e. The first-order chi connectivity index (χ1) is 12.7. The lowest BCUT2D eigenvalue weighted by Gasteiger charge is -2.59. The quantitative estimate of drug-likeness (QED) is 0.633. The van der Waals surface area contributed by atoms with E-state index >= 15 is 0 Å². The third-order valence-electron chi connectivity index (χ3n) is 9.53. The van der Waals surface area contributed by atoms with Gasteiger partial charge < -0.3 is 5.11 Å². The first kappa shape index (κ1) is 19.3.